The van der Waals surface area contributed by atoms with Gasteiger partial charge in [0.15, 0.2) is 0 Å². The van der Waals surface area contributed by atoms with Gasteiger partial charge < -0.3 is 5.43 Å². The topological polar surface area (TPSA) is 127 Å². The van der Waals surface area contributed by atoms with E-state index in [0.717, 1.165) is 12.1 Å². The maximum Gasteiger partial charge on any atom is 0.293 e. The number of nitro benzene ring substituents is 1. The highest BCUT2D eigenvalue weighted by Gasteiger charge is 2.20. The minimum Gasteiger partial charge on any atom is -0.318 e. The Hall–Kier alpha value is -1.71. The van der Waals surface area contributed by atoms with Gasteiger partial charge in [0.1, 0.15) is 5.69 Å². The van der Waals surface area contributed by atoms with E-state index in [4.69, 9.17) is 5.84 Å². The highest BCUT2D eigenvalue weighted by atomic mass is 32.2. The number of nitro groups is 1. The quantitative estimate of drug-likeness (QED) is 0.404. The fraction of sp³-hybridized carbons (Fsp3) is 0.400. The molecule has 8 nitrogen and oxygen atoms in total. The van der Waals surface area contributed by atoms with Crippen LogP contribution in [0.3, 0.4) is 0 Å². The average Bonchev–Trinajstić information content (AvgIpc) is 2.35. The lowest BCUT2D eigenvalue weighted by atomic mass is 10.2. The zero-order valence-corrected chi connectivity index (χ0v) is 11.4. The normalized spacial score (nSPS) is 11.6. The maximum atomic E-state index is 11.9. The molecule has 0 heterocycles. The van der Waals surface area contributed by atoms with Crippen molar-refractivity contribution < 1.29 is 13.3 Å². The van der Waals surface area contributed by atoms with E-state index < -0.39 is 14.9 Å². The maximum absolute atomic E-state index is 11.9. The Morgan fingerprint density at radius 1 is 1.42 bits per heavy atom. The number of nitrogens with zero attached hydrogens (tertiary/aromatic N) is 1. The molecule has 9 heteroatoms. The van der Waals surface area contributed by atoms with Crippen molar-refractivity contribution in [3.05, 3.63) is 28.3 Å². The van der Waals surface area contributed by atoms with Crippen LogP contribution in [0, 0.1) is 16.0 Å². The fourth-order valence-corrected chi connectivity index (χ4v) is 2.56. The summed E-state index contributed by atoms with van der Waals surface area (Å²) in [6.07, 6.45) is 0. The van der Waals surface area contributed by atoms with E-state index in [9.17, 15) is 18.5 Å². The number of anilines is 1. The Morgan fingerprint density at radius 3 is 2.53 bits per heavy atom. The van der Waals surface area contributed by atoms with E-state index in [1.807, 2.05) is 13.8 Å². The SMILES string of the molecule is CC(C)CNS(=O)(=O)c1ccc([N+](=O)[O-])c(NN)c1. The molecule has 0 aliphatic rings. The van der Waals surface area contributed by atoms with E-state index in [1.54, 1.807) is 0 Å². The molecule has 0 aliphatic heterocycles. The van der Waals surface area contributed by atoms with E-state index >= 15 is 0 Å². The van der Waals surface area contributed by atoms with Gasteiger partial charge in [-0.25, -0.2) is 13.1 Å². The van der Waals surface area contributed by atoms with Gasteiger partial charge >= 0.3 is 0 Å². The minimum absolute atomic E-state index is 0.0579. The molecule has 0 unspecified atom stereocenters. The van der Waals surface area contributed by atoms with Crippen LogP contribution in [0.1, 0.15) is 13.8 Å². The average molecular weight is 288 g/mol. The number of benzene rings is 1. The summed E-state index contributed by atoms with van der Waals surface area (Å²) in [4.78, 5) is 9.98. The zero-order valence-electron chi connectivity index (χ0n) is 10.6. The van der Waals surface area contributed by atoms with E-state index in [2.05, 4.69) is 10.1 Å². The summed E-state index contributed by atoms with van der Waals surface area (Å²) in [5, 5.41) is 10.7. The van der Waals surface area contributed by atoms with Crippen LogP contribution in [0.5, 0.6) is 0 Å². The van der Waals surface area contributed by atoms with Crippen molar-refractivity contribution in [2.45, 2.75) is 18.7 Å². The molecule has 0 saturated carbocycles. The van der Waals surface area contributed by atoms with Gasteiger partial charge in [-0.05, 0) is 18.1 Å². The third kappa shape index (κ3) is 3.88. The summed E-state index contributed by atoms with van der Waals surface area (Å²) in [6, 6.07) is 3.39. The van der Waals surface area contributed by atoms with Crippen LogP contribution in [0.4, 0.5) is 11.4 Å². The largest absolute Gasteiger partial charge is 0.318 e. The molecule has 1 rings (SSSR count). The van der Waals surface area contributed by atoms with Crippen LogP contribution in [0.2, 0.25) is 0 Å². The van der Waals surface area contributed by atoms with E-state index in [1.165, 1.54) is 6.07 Å². The number of nitrogens with one attached hydrogen (secondary N) is 2. The second-order valence-corrected chi connectivity index (χ2v) is 6.09. The fourth-order valence-electron chi connectivity index (χ4n) is 1.32. The van der Waals surface area contributed by atoms with Crippen LogP contribution in [0.25, 0.3) is 0 Å². The van der Waals surface area contributed by atoms with Gasteiger partial charge in [0.25, 0.3) is 5.69 Å². The standard InChI is InChI=1S/C10H16N4O4S/c1-7(2)6-12-19(17,18)8-3-4-10(14(15)16)9(5-8)13-11/h3-5,7,12-13H,6,11H2,1-2H3. The molecule has 0 saturated heterocycles. The second-order valence-electron chi connectivity index (χ2n) is 4.33. The van der Waals surface area contributed by atoms with Crippen molar-refractivity contribution in [3.8, 4) is 0 Å². The van der Waals surface area contributed by atoms with Gasteiger partial charge in [0, 0.05) is 12.6 Å². The molecule has 19 heavy (non-hydrogen) atoms. The minimum atomic E-state index is -3.70. The smallest absolute Gasteiger partial charge is 0.293 e. The van der Waals surface area contributed by atoms with Crippen molar-refractivity contribution in [1.29, 1.82) is 0 Å². The molecular weight excluding hydrogens is 272 g/mol. The first-order valence-electron chi connectivity index (χ1n) is 5.52. The van der Waals surface area contributed by atoms with Gasteiger partial charge in [-0.3, -0.25) is 16.0 Å². The highest BCUT2D eigenvalue weighted by molar-refractivity contribution is 7.89. The molecule has 1 aromatic rings. The molecule has 106 valence electrons. The lowest BCUT2D eigenvalue weighted by Crippen LogP contribution is -2.27. The number of nitrogens with two attached hydrogens (primary N) is 1. The molecule has 0 radical (unpaired) electrons. The Morgan fingerprint density at radius 2 is 2.05 bits per heavy atom. The van der Waals surface area contributed by atoms with Crippen LogP contribution in [-0.4, -0.2) is 19.9 Å². The Bertz CT molecular complexity index is 571. The van der Waals surface area contributed by atoms with Crippen LogP contribution >= 0.6 is 0 Å². The Labute approximate surface area is 111 Å². The van der Waals surface area contributed by atoms with Crippen LogP contribution in [0.15, 0.2) is 23.1 Å². The zero-order chi connectivity index (χ0) is 14.6. The molecule has 0 spiro atoms. The van der Waals surface area contributed by atoms with Crippen LogP contribution in [-0.2, 0) is 10.0 Å². The molecule has 0 aromatic heterocycles. The first kappa shape index (κ1) is 15.3. The highest BCUT2D eigenvalue weighted by Crippen LogP contribution is 2.26. The van der Waals surface area contributed by atoms with Crippen molar-refractivity contribution in [2.75, 3.05) is 12.0 Å². The predicted molar refractivity (Wildman–Crippen MR) is 70.9 cm³/mol. The van der Waals surface area contributed by atoms with Crippen molar-refractivity contribution in [3.63, 3.8) is 0 Å². The van der Waals surface area contributed by atoms with Gasteiger partial charge in [0.2, 0.25) is 10.0 Å². The molecule has 0 aliphatic carbocycles. The number of nitrogen functional groups attached to an aromatic ring is 1. The summed E-state index contributed by atoms with van der Waals surface area (Å²) < 4.78 is 26.3. The first-order valence-corrected chi connectivity index (χ1v) is 7.01. The number of hydrazine groups is 1. The summed E-state index contributed by atoms with van der Waals surface area (Å²) in [7, 11) is -3.70. The molecular formula is C10H16N4O4S. The summed E-state index contributed by atoms with van der Waals surface area (Å²) >= 11 is 0. The molecule has 0 bridgehead atoms. The Kier molecular flexibility index (Phi) is 4.81. The molecule has 0 fully saturated rings. The molecule has 1 aromatic carbocycles. The van der Waals surface area contributed by atoms with Crippen molar-refractivity contribution in [2.24, 2.45) is 11.8 Å². The van der Waals surface area contributed by atoms with Gasteiger partial charge in [-0.1, -0.05) is 13.8 Å². The number of hydrogen-bond donors (Lipinski definition) is 3. The van der Waals surface area contributed by atoms with Crippen LogP contribution < -0.4 is 16.0 Å². The van der Waals surface area contributed by atoms with E-state index in [0.29, 0.717) is 0 Å². The van der Waals surface area contributed by atoms with Gasteiger partial charge in [-0.15, -0.1) is 0 Å². The number of rotatable bonds is 6. The second kappa shape index (κ2) is 5.95. The summed E-state index contributed by atoms with van der Waals surface area (Å²) in [5.41, 5.74) is 1.78. The molecule has 0 atom stereocenters. The van der Waals surface area contributed by atoms with Crippen molar-refractivity contribution in [1.82, 2.24) is 4.72 Å². The lowest BCUT2D eigenvalue weighted by molar-refractivity contribution is -0.384. The third-order valence-corrected chi connectivity index (χ3v) is 3.73. The third-order valence-electron chi connectivity index (χ3n) is 2.31. The summed E-state index contributed by atoms with van der Waals surface area (Å²) in [5.74, 6) is 5.31. The molecule has 4 N–H and O–H groups in total. The van der Waals surface area contributed by atoms with Crippen molar-refractivity contribution >= 4 is 21.4 Å². The predicted octanol–water partition coefficient (Wildman–Crippen LogP) is 0.815. The molecule has 0 amide bonds. The first-order chi connectivity index (χ1) is 8.77. The lowest BCUT2D eigenvalue weighted by Gasteiger charge is -2.10. The number of sulfonamides is 1. The Balaban J connectivity index is 3.12. The van der Waals surface area contributed by atoms with Gasteiger partial charge in [0.05, 0.1) is 9.82 Å². The monoisotopic (exact) mass is 288 g/mol. The number of hydrogen-bond acceptors (Lipinski definition) is 6. The van der Waals surface area contributed by atoms with Gasteiger partial charge in [-0.2, -0.15) is 0 Å². The van der Waals surface area contributed by atoms with E-state index in [-0.39, 0.29) is 28.7 Å². The summed E-state index contributed by atoms with van der Waals surface area (Å²) in [6.45, 7) is 4.02.